The number of nitrogens with two attached hydrogens (primary N) is 1. The molecule has 19 heavy (non-hydrogen) atoms. The molecule has 4 nitrogen and oxygen atoms in total. The summed E-state index contributed by atoms with van der Waals surface area (Å²) in [6.07, 6.45) is 3.22. The van der Waals surface area contributed by atoms with Crippen molar-refractivity contribution in [2.45, 2.75) is 31.2 Å². The molecule has 1 aromatic carbocycles. The molecule has 0 spiro atoms. The lowest BCUT2D eigenvalue weighted by Crippen LogP contribution is -2.92. The van der Waals surface area contributed by atoms with Crippen LogP contribution in [0.4, 0.5) is 0 Å². The van der Waals surface area contributed by atoms with Crippen LogP contribution in [0.2, 0.25) is 0 Å². The van der Waals surface area contributed by atoms with Crippen molar-refractivity contribution in [3.05, 3.63) is 58.1 Å². The Balaban J connectivity index is 1.66. The number of aromatic amines is 1. The van der Waals surface area contributed by atoms with Gasteiger partial charge in [0.2, 0.25) is 0 Å². The standard InChI is InChI=1S/C15H18N2O2/c18-15-10-14(19-17-15)12-6-7-16-13(9-12)8-11-4-2-1-3-5-11/h1-5,10,12-13,16H,6-9H2,(H,17,18)/p+1/t12-,13-/m0/s1. The van der Waals surface area contributed by atoms with E-state index in [0.717, 1.165) is 31.6 Å². The maximum Gasteiger partial charge on any atom is 0.280 e. The van der Waals surface area contributed by atoms with Gasteiger partial charge in [0.15, 0.2) is 0 Å². The van der Waals surface area contributed by atoms with E-state index in [2.05, 4.69) is 34.7 Å². The molecule has 1 aliphatic heterocycles. The normalized spacial score (nSPS) is 23.4. The third kappa shape index (κ3) is 2.96. The second-order valence-electron chi connectivity index (χ2n) is 5.31. The van der Waals surface area contributed by atoms with Gasteiger partial charge in [-0.3, -0.25) is 4.79 Å². The van der Waals surface area contributed by atoms with Crippen LogP contribution in [0.25, 0.3) is 0 Å². The predicted molar refractivity (Wildman–Crippen MR) is 72.0 cm³/mol. The highest BCUT2D eigenvalue weighted by Crippen LogP contribution is 2.25. The summed E-state index contributed by atoms with van der Waals surface area (Å²) in [4.78, 5) is 11.1. The first-order valence-corrected chi connectivity index (χ1v) is 6.87. The third-order valence-electron chi connectivity index (χ3n) is 3.89. The number of piperidine rings is 1. The first kappa shape index (κ1) is 12.2. The quantitative estimate of drug-likeness (QED) is 0.864. The molecule has 0 bridgehead atoms. The molecule has 1 saturated heterocycles. The Kier molecular flexibility index (Phi) is 3.51. The highest BCUT2D eigenvalue weighted by Gasteiger charge is 2.28. The van der Waals surface area contributed by atoms with E-state index in [1.54, 1.807) is 6.07 Å². The summed E-state index contributed by atoms with van der Waals surface area (Å²) in [7, 11) is 0. The zero-order chi connectivity index (χ0) is 13.1. The first-order chi connectivity index (χ1) is 9.31. The topological polar surface area (TPSA) is 62.6 Å². The highest BCUT2D eigenvalue weighted by atomic mass is 16.5. The minimum atomic E-state index is -0.135. The molecule has 1 fully saturated rings. The van der Waals surface area contributed by atoms with Crippen LogP contribution in [0.5, 0.6) is 0 Å². The summed E-state index contributed by atoms with van der Waals surface area (Å²) in [6.45, 7) is 1.09. The Bertz CT molecular complexity index is 573. The van der Waals surface area contributed by atoms with E-state index >= 15 is 0 Å². The minimum absolute atomic E-state index is 0.135. The van der Waals surface area contributed by atoms with E-state index in [4.69, 9.17) is 4.52 Å². The molecule has 1 aromatic heterocycles. The van der Waals surface area contributed by atoms with Crippen LogP contribution >= 0.6 is 0 Å². The zero-order valence-corrected chi connectivity index (χ0v) is 10.8. The largest absolute Gasteiger partial charge is 0.383 e. The van der Waals surface area contributed by atoms with E-state index in [1.165, 1.54) is 5.56 Å². The summed E-state index contributed by atoms with van der Waals surface area (Å²) >= 11 is 0. The van der Waals surface area contributed by atoms with Gasteiger partial charge >= 0.3 is 0 Å². The fraction of sp³-hybridized carbons (Fsp3) is 0.400. The van der Waals surface area contributed by atoms with E-state index in [1.807, 2.05) is 6.07 Å². The number of nitrogens with one attached hydrogen (secondary N) is 1. The fourth-order valence-electron chi connectivity index (χ4n) is 2.95. The van der Waals surface area contributed by atoms with Crippen LogP contribution in [-0.4, -0.2) is 17.7 Å². The van der Waals surface area contributed by atoms with E-state index < -0.39 is 0 Å². The van der Waals surface area contributed by atoms with Crippen molar-refractivity contribution in [1.82, 2.24) is 5.16 Å². The van der Waals surface area contributed by atoms with Crippen LogP contribution in [0.1, 0.15) is 30.1 Å². The van der Waals surface area contributed by atoms with Gasteiger partial charge in [-0.2, -0.15) is 5.16 Å². The molecule has 0 saturated carbocycles. The minimum Gasteiger partial charge on any atom is -0.383 e. The molecule has 2 atom stereocenters. The van der Waals surface area contributed by atoms with Crippen LogP contribution in [0.3, 0.4) is 0 Å². The summed E-state index contributed by atoms with van der Waals surface area (Å²) in [5, 5.41) is 4.80. The molecule has 0 unspecified atom stereocenters. The average molecular weight is 259 g/mol. The molecular weight excluding hydrogens is 240 g/mol. The van der Waals surface area contributed by atoms with Crippen LogP contribution in [-0.2, 0) is 6.42 Å². The Morgan fingerprint density at radius 1 is 1.32 bits per heavy atom. The number of hydrogen-bond acceptors (Lipinski definition) is 2. The molecule has 2 aromatic rings. The molecule has 0 amide bonds. The van der Waals surface area contributed by atoms with Gasteiger partial charge in [-0.25, -0.2) is 0 Å². The van der Waals surface area contributed by atoms with Crippen LogP contribution in [0, 0.1) is 0 Å². The SMILES string of the molecule is O=c1cc([C@H]2CC[NH2+][C@@H](Cc3ccccc3)C2)o[nH]1. The molecule has 2 heterocycles. The number of H-pyrrole nitrogens is 1. The summed E-state index contributed by atoms with van der Waals surface area (Å²) < 4.78 is 5.25. The van der Waals surface area contributed by atoms with Crippen LogP contribution < -0.4 is 10.9 Å². The molecule has 0 aliphatic carbocycles. The average Bonchev–Trinajstić information content (AvgIpc) is 2.87. The molecule has 100 valence electrons. The Hall–Kier alpha value is -1.81. The van der Waals surface area contributed by atoms with Gasteiger partial charge in [0, 0.05) is 31.2 Å². The number of aromatic nitrogens is 1. The lowest BCUT2D eigenvalue weighted by molar-refractivity contribution is -0.698. The van der Waals surface area contributed by atoms with Gasteiger partial charge in [-0.05, 0) is 5.56 Å². The first-order valence-electron chi connectivity index (χ1n) is 6.87. The van der Waals surface area contributed by atoms with Crippen LogP contribution in [0.15, 0.2) is 45.7 Å². The Morgan fingerprint density at radius 3 is 2.89 bits per heavy atom. The molecular formula is C15H19N2O2+. The summed E-state index contributed by atoms with van der Waals surface area (Å²) in [5.74, 6) is 1.19. The van der Waals surface area contributed by atoms with Gasteiger partial charge in [0.1, 0.15) is 5.76 Å². The van der Waals surface area contributed by atoms with Gasteiger partial charge in [0.25, 0.3) is 5.56 Å². The number of rotatable bonds is 3. The van der Waals surface area contributed by atoms with Crippen molar-refractivity contribution >= 4 is 0 Å². The van der Waals surface area contributed by atoms with Crippen molar-refractivity contribution in [1.29, 1.82) is 0 Å². The Morgan fingerprint density at radius 2 is 2.16 bits per heavy atom. The number of benzene rings is 1. The fourth-order valence-corrected chi connectivity index (χ4v) is 2.95. The second-order valence-corrected chi connectivity index (χ2v) is 5.31. The number of quaternary nitrogens is 1. The third-order valence-corrected chi connectivity index (χ3v) is 3.89. The van der Waals surface area contributed by atoms with Gasteiger partial charge in [-0.15, -0.1) is 0 Å². The summed E-state index contributed by atoms with van der Waals surface area (Å²) in [5.41, 5.74) is 1.24. The second kappa shape index (κ2) is 5.45. The van der Waals surface area contributed by atoms with Crippen molar-refractivity contribution in [3.63, 3.8) is 0 Å². The summed E-state index contributed by atoms with van der Waals surface area (Å²) in [6, 6.07) is 12.7. The van der Waals surface area contributed by atoms with Crippen molar-refractivity contribution in [2.24, 2.45) is 0 Å². The lowest BCUT2D eigenvalue weighted by Gasteiger charge is -2.26. The Labute approximate surface area is 111 Å². The van der Waals surface area contributed by atoms with Crippen molar-refractivity contribution < 1.29 is 9.84 Å². The van der Waals surface area contributed by atoms with E-state index in [9.17, 15) is 4.79 Å². The lowest BCUT2D eigenvalue weighted by atomic mass is 9.87. The van der Waals surface area contributed by atoms with Gasteiger partial charge < -0.3 is 9.84 Å². The predicted octanol–water partition coefficient (Wildman–Crippen LogP) is 1.02. The maximum absolute atomic E-state index is 11.1. The smallest absolute Gasteiger partial charge is 0.280 e. The van der Waals surface area contributed by atoms with Gasteiger partial charge in [-0.1, -0.05) is 30.3 Å². The van der Waals surface area contributed by atoms with Crippen molar-refractivity contribution in [2.75, 3.05) is 6.54 Å². The monoisotopic (exact) mass is 259 g/mol. The van der Waals surface area contributed by atoms with E-state index in [-0.39, 0.29) is 5.56 Å². The number of hydrogen-bond donors (Lipinski definition) is 2. The van der Waals surface area contributed by atoms with Gasteiger partial charge in [0.05, 0.1) is 12.6 Å². The highest BCUT2D eigenvalue weighted by molar-refractivity contribution is 5.16. The maximum atomic E-state index is 11.1. The van der Waals surface area contributed by atoms with Crippen molar-refractivity contribution in [3.8, 4) is 0 Å². The molecule has 4 heteroatoms. The molecule has 3 N–H and O–H groups in total. The zero-order valence-electron chi connectivity index (χ0n) is 10.8. The molecule has 3 rings (SSSR count). The van der Waals surface area contributed by atoms with E-state index in [0.29, 0.717) is 12.0 Å². The molecule has 1 aliphatic rings. The molecule has 0 radical (unpaired) electrons.